The molecule has 2 heterocycles. The van der Waals surface area contributed by atoms with E-state index < -0.39 is 0 Å². The number of fused-ring (bicyclic) bond motifs is 1. The number of aryl methyl sites for hydroxylation is 1. The molecule has 0 aliphatic carbocycles. The van der Waals surface area contributed by atoms with Crippen LogP contribution in [0.25, 0.3) is 0 Å². The average Bonchev–Trinajstić information content (AvgIpc) is 2.45. The molecule has 1 aliphatic heterocycles. The monoisotopic (exact) mass is 180 g/mol. The summed E-state index contributed by atoms with van der Waals surface area (Å²) in [7, 11) is 2.02. The van der Waals surface area contributed by atoms with Gasteiger partial charge in [-0.2, -0.15) is 5.10 Å². The van der Waals surface area contributed by atoms with Crippen LogP contribution in [-0.2, 0) is 24.8 Å². The lowest BCUT2D eigenvalue weighted by atomic mass is 10.0. The van der Waals surface area contributed by atoms with Crippen molar-refractivity contribution < 1.29 is 4.74 Å². The Morgan fingerprint density at radius 1 is 1.46 bits per heavy atom. The fourth-order valence-corrected chi connectivity index (χ4v) is 1.90. The van der Waals surface area contributed by atoms with Gasteiger partial charge in [0.2, 0.25) is 0 Å². The van der Waals surface area contributed by atoms with Gasteiger partial charge in [0.1, 0.15) is 0 Å². The molecule has 0 fully saturated rings. The van der Waals surface area contributed by atoms with Gasteiger partial charge in [0.05, 0.1) is 18.9 Å². The van der Waals surface area contributed by atoms with Crippen LogP contribution in [0.15, 0.2) is 0 Å². The quantitative estimate of drug-likeness (QED) is 0.656. The lowest BCUT2D eigenvalue weighted by molar-refractivity contribution is 0.108. The number of rotatable bonds is 1. The highest BCUT2D eigenvalue weighted by Crippen LogP contribution is 2.25. The first-order valence-corrected chi connectivity index (χ1v) is 4.82. The average molecular weight is 180 g/mol. The van der Waals surface area contributed by atoms with Crippen LogP contribution in [0, 0.1) is 0 Å². The second-order valence-electron chi connectivity index (χ2n) is 3.89. The van der Waals surface area contributed by atoms with Crippen molar-refractivity contribution >= 4 is 0 Å². The van der Waals surface area contributed by atoms with E-state index in [1.807, 2.05) is 11.7 Å². The summed E-state index contributed by atoms with van der Waals surface area (Å²) >= 11 is 0. The summed E-state index contributed by atoms with van der Waals surface area (Å²) in [5.74, 6) is 0.497. The third-order valence-corrected chi connectivity index (χ3v) is 2.58. The van der Waals surface area contributed by atoms with Crippen LogP contribution in [-0.4, -0.2) is 16.4 Å². The molecule has 0 radical (unpaired) electrons. The van der Waals surface area contributed by atoms with Gasteiger partial charge < -0.3 is 4.74 Å². The van der Waals surface area contributed by atoms with Gasteiger partial charge in [-0.15, -0.1) is 0 Å². The number of hydrogen-bond acceptors (Lipinski definition) is 2. The second kappa shape index (κ2) is 3.14. The minimum Gasteiger partial charge on any atom is -0.376 e. The predicted octanol–water partition coefficient (Wildman–Crippen LogP) is 1.62. The molecule has 1 aromatic rings. The van der Waals surface area contributed by atoms with Crippen LogP contribution in [0.3, 0.4) is 0 Å². The van der Waals surface area contributed by atoms with Crippen LogP contribution in [0.5, 0.6) is 0 Å². The fraction of sp³-hybridized carbons (Fsp3) is 0.700. The van der Waals surface area contributed by atoms with E-state index in [4.69, 9.17) is 4.74 Å². The molecule has 2 rings (SSSR count). The van der Waals surface area contributed by atoms with E-state index in [2.05, 4.69) is 18.9 Å². The summed E-state index contributed by atoms with van der Waals surface area (Å²) in [5, 5.41) is 4.53. The fourth-order valence-electron chi connectivity index (χ4n) is 1.90. The highest BCUT2D eigenvalue weighted by molar-refractivity contribution is 5.29. The molecule has 0 saturated heterocycles. The minimum absolute atomic E-state index is 0.497. The summed E-state index contributed by atoms with van der Waals surface area (Å²) in [6.07, 6.45) is 1.01. The van der Waals surface area contributed by atoms with Crippen LogP contribution < -0.4 is 0 Å². The molecule has 0 atom stereocenters. The van der Waals surface area contributed by atoms with Crippen LogP contribution >= 0.6 is 0 Å². The van der Waals surface area contributed by atoms with Crippen LogP contribution in [0.4, 0.5) is 0 Å². The van der Waals surface area contributed by atoms with E-state index in [1.165, 1.54) is 17.0 Å². The predicted molar refractivity (Wildman–Crippen MR) is 50.7 cm³/mol. The maximum atomic E-state index is 5.45. The smallest absolute Gasteiger partial charge is 0.0753 e. The standard InChI is InChI=1S/C10H16N2O/c1-7(2)10-8-6-13-5-4-9(8)12(3)11-10/h7H,4-6H2,1-3H3. The maximum Gasteiger partial charge on any atom is 0.0753 e. The molecule has 0 bridgehead atoms. The largest absolute Gasteiger partial charge is 0.376 e. The van der Waals surface area contributed by atoms with Crippen molar-refractivity contribution in [3.63, 3.8) is 0 Å². The zero-order valence-electron chi connectivity index (χ0n) is 8.50. The first kappa shape index (κ1) is 8.75. The van der Waals surface area contributed by atoms with Crippen molar-refractivity contribution in [1.29, 1.82) is 0 Å². The van der Waals surface area contributed by atoms with Crippen molar-refractivity contribution in [3.8, 4) is 0 Å². The summed E-state index contributed by atoms with van der Waals surface area (Å²) in [4.78, 5) is 0. The first-order chi connectivity index (χ1) is 6.20. The first-order valence-electron chi connectivity index (χ1n) is 4.82. The Hall–Kier alpha value is -0.830. The third-order valence-electron chi connectivity index (χ3n) is 2.58. The van der Waals surface area contributed by atoms with Crippen molar-refractivity contribution in [3.05, 3.63) is 17.0 Å². The summed E-state index contributed by atoms with van der Waals surface area (Å²) in [6, 6.07) is 0. The van der Waals surface area contributed by atoms with Gasteiger partial charge in [0.15, 0.2) is 0 Å². The zero-order valence-corrected chi connectivity index (χ0v) is 8.50. The maximum absolute atomic E-state index is 5.45. The lowest BCUT2D eigenvalue weighted by Gasteiger charge is -2.14. The summed E-state index contributed by atoms with van der Waals surface area (Å²) < 4.78 is 7.45. The molecule has 3 heteroatoms. The summed E-state index contributed by atoms with van der Waals surface area (Å²) in [6.45, 7) is 5.94. The van der Waals surface area contributed by atoms with E-state index in [-0.39, 0.29) is 0 Å². The Labute approximate surface area is 78.7 Å². The van der Waals surface area contributed by atoms with Crippen LogP contribution in [0.2, 0.25) is 0 Å². The molecular weight excluding hydrogens is 164 g/mol. The molecule has 13 heavy (non-hydrogen) atoms. The molecule has 0 aromatic carbocycles. The van der Waals surface area contributed by atoms with Crippen LogP contribution in [0.1, 0.15) is 36.7 Å². The van der Waals surface area contributed by atoms with Crippen molar-refractivity contribution in [1.82, 2.24) is 9.78 Å². The normalized spacial score (nSPS) is 16.3. The van der Waals surface area contributed by atoms with Crippen molar-refractivity contribution in [2.45, 2.75) is 32.8 Å². The molecule has 72 valence electrons. The highest BCUT2D eigenvalue weighted by atomic mass is 16.5. The van der Waals surface area contributed by atoms with E-state index in [0.717, 1.165) is 19.6 Å². The number of aromatic nitrogens is 2. The minimum atomic E-state index is 0.497. The molecule has 1 aliphatic rings. The molecule has 0 spiro atoms. The SMILES string of the molecule is CC(C)c1nn(C)c2c1COCC2. The zero-order chi connectivity index (χ0) is 9.42. The Bertz CT molecular complexity index is 315. The van der Waals surface area contributed by atoms with E-state index >= 15 is 0 Å². The third kappa shape index (κ3) is 1.37. The van der Waals surface area contributed by atoms with E-state index in [0.29, 0.717) is 5.92 Å². The van der Waals surface area contributed by atoms with Gasteiger partial charge in [0, 0.05) is 24.7 Å². The number of ether oxygens (including phenoxy) is 1. The number of hydrogen-bond donors (Lipinski definition) is 0. The number of nitrogens with zero attached hydrogens (tertiary/aromatic N) is 2. The molecular formula is C10H16N2O. The Morgan fingerprint density at radius 2 is 2.23 bits per heavy atom. The van der Waals surface area contributed by atoms with Gasteiger partial charge in [-0.05, 0) is 5.92 Å². The van der Waals surface area contributed by atoms with Gasteiger partial charge in [-0.1, -0.05) is 13.8 Å². The molecule has 3 nitrogen and oxygen atoms in total. The molecule has 0 saturated carbocycles. The highest BCUT2D eigenvalue weighted by Gasteiger charge is 2.20. The van der Waals surface area contributed by atoms with Crippen molar-refractivity contribution in [2.75, 3.05) is 6.61 Å². The Morgan fingerprint density at radius 3 is 2.92 bits per heavy atom. The molecule has 0 N–H and O–H groups in total. The molecule has 0 unspecified atom stereocenters. The van der Waals surface area contributed by atoms with E-state index in [1.54, 1.807) is 0 Å². The molecule has 0 amide bonds. The lowest BCUT2D eigenvalue weighted by Crippen LogP contribution is -2.12. The van der Waals surface area contributed by atoms with Gasteiger partial charge >= 0.3 is 0 Å². The van der Waals surface area contributed by atoms with Gasteiger partial charge in [-0.25, -0.2) is 0 Å². The van der Waals surface area contributed by atoms with Crippen molar-refractivity contribution in [2.24, 2.45) is 7.05 Å². The second-order valence-corrected chi connectivity index (χ2v) is 3.89. The van der Waals surface area contributed by atoms with Gasteiger partial charge in [0.25, 0.3) is 0 Å². The summed E-state index contributed by atoms with van der Waals surface area (Å²) in [5.41, 5.74) is 3.89. The van der Waals surface area contributed by atoms with Gasteiger partial charge in [-0.3, -0.25) is 4.68 Å². The molecule has 1 aromatic heterocycles. The Kier molecular flexibility index (Phi) is 2.12. The topological polar surface area (TPSA) is 27.1 Å². The van der Waals surface area contributed by atoms with E-state index in [9.17, 15) is 0 Å². The Balaban J connectivity index is 2.47.